The summed E-state index contributed by atoms with van der Waals surface area (Å²) in [5, 5.41) is 13.4. The highest BCUT2D eigenvalue weighted by Gasteiger charge is 2.28. The van der Waals surface area contributed by atoms with Crippen molar-refractivity contribution in [2.45, 2.75) is 19.4 Å². The highest BCUT2D eigenvalue weighted by Crippen LogP contribution is 2.20. The van der Waals surface area contributed by atoms with Gasteiger partial charge in [0.25, 0.3) is 5.69 Å². The number of nitro benzene ring substituents is 1. The largest absolute Gasteiger partial charge is 0.368 e. The molecule has 0 unspecified atom stereocenters. The van der Waals surface area contributed by atoms with E-state index in [1.165, 1.54) is 31.2 Å². The van der Waals surface area contributed by atoms with Gasteiger partial charge in [0.05, 0.1) is 4.92 Å². The first-order valence-corrected chi connectivity index (χ1v) is 8.43. The normalized spacial score (nSPS) is 11.3. The molecule has 9 nitrogen and oxygen atoms in total. The maximum atomic E-state index is 13.1. The summed E-state index contributed by atoms with van der Waals surface area (Å²) in [5.41, 5.74) is 6.20. The maximum absolute atomic E-state index is 13.1. The molecule has 0 aliphatic heterocycles. The molecule has 0 heterocycles. The van der Waals surface area contributed by atoms with Gasteiger partial charge in [0, 0.05) is 31.2 Å². The number of nitrogens with two attached hydrogens (primary N) is 1. The predicted octanol–water partition coefficient (Wildman–Crippen LogP) is 1.16. The fraction of sp³-hybridized carbons (Fsp3) is 0.211. The average Bonchev–Trinajstić information content (AvgIpc) is 2.65. The van der Waals surface area contributed by atoms with Crippen LogP contribution in [-0.4, -0.2) is 35.2 Å². The third kappa shape index (κ3) is 5.63. The Morgan fingerprint density at radius 2 is 1.71 bits per heavy atom. The Hall–Kier alpha value is -3.75. The zero-order valence-electron chi connectivity index (χ0n) is 15.2. The second-order valence-corrected chi connectivity index (χ2v) is 6.11. The number of nitrogens with one attached hydrogen (secondary N) is 1. The number of primary amides is 1. The molecule has 3 amide bonds. The van der Waals surface area contributed by atoms with E-state index in [4.69, 9.17) is 5.73 Å². The smallest absolute Gasteiger partial charge is 0.269 e. The minimum atomic E-state index is -0.936. The first-order valence-electron chi connectivity index (χ1n) is 8.43. The van der Waals surface area contributed by atoms with Crippen molar-refractivity contribution in [3.05, 3.63) is 70.3 Å². The van der Waals surface area contributed by atoms with Crippen LogP contribution in [0.25, 0.3) is 0 Å². The topological polar surface area (TPSA) is 136 Å². The summed E-state index contributed by atoms with van der Waals surface area (Å²) in [7, 11) is 0. The van der Waals surface area contributed by atoms with Crippen molar-refractivity contribution >= 4 is 29.1 Å². The molecule has 0 aliphatic rings. The molecule has 3 N–H and O–H groups in total. The molecule has 9 heteroatoms. The zero-order chi connectivity index (χ0) is 20.7. The van der Waals surface area contributed by atoms with Crippen LogP contribution in [-0.2, 0) is 20.8 Å². The molecular formula is C19H20N4O5. The van der Waals surface area contributed by atoms with E-state index in [0.717, 1.165) is 10.5 Å². The van der Waals surface area contributed by atoms with Gasteiger partial charge < -0.3 is 16.0 Å². The summed E-state index contributed by atoms with van der Waals surface area (Å²) >= 11 is 0. The molecule has 1 atom stereocenters. The van der Waals surface area contributed by atoms with Crippen molar-refractivity contribution in [1.29, 1.82) is 0 Å². The first kappa shape index (κ1) is 20.6. The van der Waals surface area contributed by atoms with E-state index in [2.05, 4.69) is 5.32 Å². The molecule has 2 aromatic carbocycles. The monoisotopic (exact) mass is 384 g/mol. The van der Waals surface area contributed by atoms with Gasteiger partial charge in [-0.3, -0.25) is 24.5 Å². The quantitative estimate of drug-likeness (QED) is 0.520. The standard InChI is InChI=1S/C19H20N4O5/c1-13(24)21-17(11-14-5-3-2-4-6-14)19(26)22(12-18(20)25)15-7-9-16(10-8-15)23(27)28/h2-10,17H,11-12H2,1H3,(H2,20,25)(H,21,24)/t17-/m0/s1. The molecule has 2 aromatic rings. The minimum absolute atomic E-state index is 0.155. The third-order valence-electron chi connectivity index (χ3n) is 3.91. The Balaban J connectivity index is 2.34. The van der Waals surface area contributed by atoms with Gasteiger partial charge in [0.2, 0.25) is 17.7 Å². The van der Waals surface area contributed by atoms with Crippen LogP contribution in [0.1, 0.15) is 12.5 Å². The van der Waals surface area contributed by atoms with Crippen LogP contribution in [0.15, 0.2) is 54.6 Å². The molecule has 0 saturated heterocycles. The second kappa shape index (κ2) is 9.26. The van der Waals surface area contributed by atoms with Gasteiger partial charge >= 0.3 is 0 Å². The van der Waals surface area contributed by atoms with Crippen LogP contribution in [0.3, 0.4) is 0 Å². The Morgan fingerprint density at radius 1 is 1.11 bits per heavy atom. The molecule has 0 bridgehead atoms. The Kier molecular flexibility index (Phi) is 6.80. The lowest BCUT2D eigenvalue weighted by molar-refractivity contribution is -0.384. The summed E-state index contributed by atoms with van der Waals surface area (Å²) < 4.78 is 0. The number of nitrogens with zero attached hydrogens (tertiary/aromatic N) is 2. The maximum Gasteiger partial charge on any atom is 0.269 e. The summed E-state index contributed by atoms with van der Waals surface area (Å²) in [6, 6.07) is 13.3. The molecule has 0 fully saturated rings. The van der Waals surface area contributed by atoms with Crippen molar-refractivity contribution in [2.75, 3.05) is 11.4 Å². The van der Waals surface area contributed by atoms with Gasteiger partial charge in [-0.15, -0.1) is 0 Å². The lowest BCUT2D eigenvalue weighted by atomic mass is 10.0. The zero-order valence-corrected chi connectivity index (χ0v) is 15.2. The molecule has 0 saturated carbocycles. The van der Waals surface area contributed by atoms with Crippen LogP contribution in [0.4, 0.5) is 11.4 Å². The van der Waals surface area contributed by atoms with E-state index in [1.807, 2.05) is 30.3 Å². The van der Waals surface area contributed by atoms with Crippen LogP contribution in [0, 0.1) is 10.1 Å². The van der Waals surface area contributed by atoms with Crippen molar-refractivity contribution in [2.24, 2.45) is 5.73 Å². The van der Waals surface area contributed by atoms with Crippen molar-refractivity contribution in [1.82, 2.24) is 5.32 Å². The molecule has 0 spiro atoms. The summed E-state index contributed by atoms with van der Waals surface area (Å²) in [6.07, 6.45) is 0.210. The molecule has 0 aliphatic carbocycles. The lowest BCUT2D eigenvalue weighted by Crippen LogP contribution is -2.51. The molecule has 146 valence electrons. The number of benzene rings is 2. The number of anilines is 1. The van der Waals surface area contributed by atoms with Crippen LogP contribution >= 0.6 is 0 Å². The number of carbonyl (C=O) groups excluding carboxylic acids is 3. The van der Waals surface area contributed by atoms with E-state index in [9.17, 15) is 24.5 Å². The van der Waals surface area contributed by atoms with Crippen LogP contribution in [0.2, 0.25) is 0 Å². The Labute approximate surface area is 161 Å². The average molecular weight is 384 g/mol. The number of nitro groups is 1. The fourth-order valence-corrected chi connectivity index (χ4v) is 2.69. The van der Waals surface area contributed by atoms with Crippen LogP contribution in [0.5, 0.6) is 0 Å². The first-order chi connectivity index (χ1) is 13.3. The predicted molar refractivity (Wildman–Crippen MR) is 102 cm³/mol. The van der Waals surface area contributed by atoms with Crippen LogP contribution < -0.4 is 16.0 Å². The third-order valence-corrected chi connectivity index (χ3v) is 3.91. The van der Waals surface area contributed by atoms with E-state index in [0.29, 0.717) is 0 Å². The Morgan fingerprint density at radius 3 is 2.21 bits per heavy atom. The van der Waals surface area contributed by atoms with Gasteiger partial charge in [-0.05, 0) is 17.7 Å². The van der Waals surface area contributed by atoms with Gasteiger partial charge in [-0.1, -0.05) is 30.3 Å². The Bertz CT molecular complexity index is 868. The van der Waals surface area contributed by atoms with Crippen molar-refractivity contribution in [3.63, 3.8) is 0 Å². The van der Waals surface area contributed by atoms with Crippen molar-refractivity contribution < 1.29 is 19.3 Å². The summed E-state index contributed by atoms with van der Waals surface area (Å²) in [4.78, 5) is 47.6. The number of hydrogen-bond acceptors (Lipinski definition) is 5. The number of amides is 3. The second-order valence-electron chi connectivity index (χ2n) is 6.11. The molecule has 0 aromatic heterocycles. The highest BCUT2D eigenvalue weighted by molar-refractivity contribution is 6.02. The molecular weight excluding hydrogens is 364 g/mol. The molecule has 2 rings (SSSR count). The van der Waals surface area contributed by atoms with Gasteiger partial charge in [-0.25, -0.2) is 0 Å². The van der Waals surface area contributed by atoms with E-state index >= 15 is 0 Å². The number of rotatable bonds is 8. The van der Waals surface area contributed by atoms with Crippen molar-refractivity contribution in [3.8, 4) is 0 Å². The number of hydrogen-bond donors (Lipinski definition) is 2. The fourth-order valence-electron chi connectivity index (χ4n) is 2.69. The number of carbonyl (C=O) groups is 3. The molecule has 0 radical (unpaired) electrons. The van der Waals surface area contributed by atoms with E-state index in [-0.39, 0.29) is 17.8 Å². The van der Waals surface area contributed by atoms with Gasteiger partial charge in [0.1, 0.15) is 12.6 Å². The van der Waals surface area contributed by atoms with Gasteiger partial charge in [0.15, 0.2) is 0 Å². The van der Waals surface area contributed by atoms with E-state index in [1.54, 1.807) is 0 Å². The SMILES string of the molecule is CC(=O)N[C@@H](Cc1ccccc1)C(=O)N(CC(N)=O)c1ccc([N+](=O)[O-])cc1. The van der Waals surface area contributed by atoms with Gasteiger partial charge in [-0.2, -0.15) is 0 Å². The minimum Gasteiger partial charge on any atom is -0.368 e. The lowest BCUT2D eigenvalue weighted by Gasteiger charge is -2.27. The number of non-ortho nitro benzene ring substituents is 1. The summed E-state index contributed by atoms with van der Waals surface area (Å²) in [6.45, 7) is 0.858. The highest BCUT2D eigenvalue weighted by atomic mass is 16.6. The summed E-state index contributed by atoms with van der Waals surface area (Å²) in [5.74, 6) is -1.71. The molecule has 28 heavy (non-hydrogen) atoms. The van der Waals surface area contributed by atoms with E-state index < -0.39 is 35.2 Å².